The van der Waals surface area contributed by atoms with Gasteiger partial charge in [0.2, 0.25) is 0 Å². The van der Waals surface area contributed by atoms with Crippen LogP contribution in [0.3, 0.4) is 0 Å². The van der Waals surface area contributed by atoms with Crippen molar-refractivity contribution in [3.05, 3.63) is 52.3 Å². The van der Waals surface area contributed by atoms with E-state index in [0.29, 0.717) is 41.8 Å². The van der Waals surface area contributed by atoms with E-state index in [9.17, 15) is 4.79 Å². The van der Waals surface area contributed by atoms with Crippen LogP contribution in [0.1, 0.15) is 15.4 Å². The molecule has 2 aromatic heterocycles. The van der Waals surface area contributed by atoms with Gasteiger partial charge in [-0.05, 0) is 29.6 Å². The lowest BCUT2D eigenvalue weighted by molar-refractivity contribution is 0.0954. The van der Waals surface area contributed by atoms with Crippen molar-refractivity contribution in [1.82, 2.24) is 10.5 Å². The van der Waals surface area contributed by atoms with Gasteiger partial charge in [-0.2, -0.15) is 0 Å². The molecule has 0 saturated heterocycles. The first kappa shape index (κ1) is 14.8. The van der Waals surface area contributed by atoms with Crippen LogP contribution in [-0.4, -0.2) is 24.3 Å². The van der Waals surface area contributed by atoms with Crippen molar-refractivity contribution < 1.29 is 18.8 Å². The van der Waals surface area contributed by atoms with Crippen LogP contribution in [0, 0.1) is 0 Å². The van der Waals surface area contributed by atoms with Gasteiger partial charge in [-0.3, -0.25) is 4.79 Å². The van der Waals surface area contributed by atoms with Crippen LogP contribution in [-0.2, 0) is 6.54 Å². The van der Waals surface area contributed by atoms with Gasteiger partial charge in [-0.1, -0.05) is 11.2 Å². The smallest absolute Gasteiger partial charge is 0.261 e. The molecule has 4 rings (SSSR count). The van der Waals surface area contributed by atoms with Crippen LogP contribution >= 0.6 is 11.3 Å². The summed E-state index contributed by atoms with van der Waals surface area (Å²) in [6.45, 7) is 1.40. The Balaban J connectivity index is 1.46. The number of carbonyl (C=O) groups is 1. The van der Waals surface area contributed by atoms with E-state index in [1.54, 1.807) is 12.1 Å². The van der Waals surface area contributed by atoms with Gasteiger partial charge in [0.05, 0.1) is 11.4 Å². The molecule has 0 spiro atoms. The van der Waals surface area contributed by atoms with E-state index in [1.807, 2.05) is 29.6 Å². The molecule has 1 aliphatic rings. The molecule has 0 aliphatic carbocycles. The van der Waals surface area contributed by atoms with Gasteiger partial charge in [0, 0.05) is 11.6 Å². The van der Waals surface area contributed by atoms with Gasteiger partial charge in [0.25, 0.3) is 5.91 Å². The Morgan fingerprint density at radius 1 is 1.17 bits per heavy atom. The first-order valence-electron chi connectivity index (χ1n) is 7.47. The largest absolute Gasteiger partial charge is 0.486 e. The minimum Gasteiger partial charge on any atom is -0.486 e. The zero-order chi connectivity index (χ0) is 16.4. The highest BCUT2D eigenvalue weighted by molar-refractivity contribution is 7.12. The van der Waals surface area contributed by atoms with Gasteiger partial charge < -0.3 is 19.3 Å². The number of rotatable bonds is 4. The fourth-order valence-electron chi connectivity index (χ4n) is 2.39. The molecule has 0 fully saturated rings. The van der Waals surface area contributed by atoms with Crippen LogP contribution in [0.2, 0.25) is 0 Å². The monoisotopic (exact) mass is 342 g/mol. The highest BCUT2D eigenvalue weighted by Crippen LogP contribution is 2.34. The fourth-order valence-corrected chi connectivity index (χ4v) is 3.03. The molecule has 0 saturated carbocycles. The van der Waals surface area contributed by atoms with Crippen LogP contribution in [0.5, 0.6) is 11.5 Å². The predicted octanol–water partition coefficient (Wildman–Crippen LogP) is 3.10. The number of fused-ring (bicyclic) bond motifs is 1. The average Bonchev–Trinajstić information content (AvgIpc) is 3.31. The Morgan fingerprint density at radius 2 is 2.04 bits per heavy atom. The zero-order valence-corrected chi connectivity index (χ0v) is 13.5. The van der Waals surface area contributed by atoms with Crippen molar-refractivity contribution in [2.24, 2.45) is 0 Å². The summed E-state index contributed by atoms with van der Waals surface area (Å²) >= 11 is 1.40. The number of carbonyl (C=O) groups excluding carboxylic acids is 1. The molecule has 1 aromatic carbocycles. The summed E-state index contributed by atoms with van der Waals surface area (Å²) < 4.78 is 16.4. The van der Waals surface area contributed by atoms with Crippen LogP contribution in [0.15, 0.2) is 46.3 Å². The summed E-state index contributed by atoms with van der Waals surface area (Å²) in [7, 11) is 0. The van der Waals surface area contributed by atoms with E-state index in [2.05, 4.69) is 10.5 Å². The molecule has 3 heterocycles. The molecule has 24 heavy (non-hydrogen) atoms. The number of hydrogen-bond donors (Lipinski definition) is 1. The molecule has 122 valence electrons. The maximum atomic E-state index is 11.9. The minimum atomic E-state index is -0.117. The summed E-state index contributed by atoms with van der Waals surface area (Å²) in [5.41, 5.74) is 1.51. The van der Waals surface area contributed by atoms with Crippen LogP contribution in [0.25, 0.3) is 11.3 Å². The van der Waals surface area contributed by atoms with Crippen LogP contribution < -0.4 is 14.8 Å². The Kier molecular flexibility index (Phi) is 3.92. The first-order chi connectivity index (χ1) is 11.8. The highest BCUT2D eigenvalue weighted by Gasteiger charge is 2.15. The number of amides is 1. The third-order valence-electron chi connectivity index (χ3n) is 3.56. The molecule has 1 N–H and O–H groups in total. The van der Waals surface area contributed by atoms with E-state index in [4.69, 9.17) is 14.0 Å². The van der Waals surface area contributed by atoms with Gasteiger partial charge >= 0.3 is 0 Å². The summed E-state index contributed by atoms with van der Waals surface area (Å²) in [5.74, 6) is 1.93. The molecule has 1 amide bonds. The topological polar surface area (TPSA) is 73.6 Å². The summed E-state index contributed by atoms with van der Waals surface area (Å²) in [6, 6.07) is 11.0. The third-order valence-corrected chi connectivity index (χ3v) is 4.43. The van der Waals surface area contributed by atoms with Gasteiger partial charge in [0.1, 0.15) is 18.9 Å². The Hall–Kier alpha value is -2.80. The quantitative estimate of drug-likeness (QED) is 0.789. The number of aromatic nitrogens is 1. The molecule has 0 atom stereocenters. The molecule has 3 aromatic rings. The molecule has 1 aliphatic heterocycles. The third kappa shape index (κ3) is 2.98. The SMILES string of the molecule is O=C(NCc1cc(-c2ccc3c(c2)OCCO3)on1)c1cccs1. The van der Waals surface area contributed by atoms with E-state index >= 15 is 0 Å². The number of nitrogens with one attached hydrogen (secondary N) is 1. The van der Waals surface area contributed by atoms with Crippen LogP contribution in [0.4, 0.5) is 0 Å². The Labute approximate surface area is 142 Å². The first-order valence-corrected chi connectivity index (χ1v) is 8.35. The molecule has 0 radical (unpaired) electrons. The van der Waals surface area contributed by atoms with Crippen molar-refractivity contribution in [2.45, 2.75) is 6.54 Å². The second-order valence-electron chi connectivity index (χ2n) is 5.20. The van der Waals surface area contributed by atoms with E-state index in [-0.39, 0.29) is 5.91 Å². The van der Waals surface area contributed by atoms with Gasteiger partial charge in [0.15, 0.2) is 17.3 Å². The molecule has 7 heteroatoms. The van der Waals surface area contributed by atoms with Crippen molar-refractivity contribution >= 4 is 17.2 Å². The number of benzene rings is 1. The number of hydrogen-bond acceptors (Lipinski definition) is 6. The fraction of sp³-hybridized carbons (Fsp3) is 0.176. The molecular weight excluding hydrogens is 328 g/mol. The summed E-state index contributed by atoms with van der Waals surface area (Å²) in [5, 5.41) is 8.69. The second-order valence-corrected chi connectivity index (χ2v) is 6.15. The maximum Gasteiger partial charge on any atom is 0.261 e. The molecule has 0 bridgehead atoms. The van der Waals surface area contributed by atoms with Crippen molar-refractivity contribution in [1.29, 1.82) is 0 Å². The number of ether oxygens (including phenoxy) is 2. The normalized spacial score (nSPS) is 12.8. The maximum absolute atomic E-state index is 11.9. The lowest BCUT2D eigenvalue weighted by atomic mass is 10.1. The number of thiophene rings is 1. The van der Waals surface area contributed by atoms with Crippen molar-refractivity contribution in [3.63, 3.8) is 0 Å². The molecule has 0 unspecified atom stereocenters. The van der Waals surface area contributed by atoms with Crippen molar-refractivity contribution in [2.75, 3.05) is 13.2 Å². The second kappa shape index (κ2) is 6.37. The summed E-state index contributed by atoms with van der Waals surface area (Å²) in [6.07, 6.45) is 0. The van der Waals surface area contributed by atoms with E-state index in [0.717, 1.165) is 11.3 Å². The standard InChI is InChI=1S/C17H14N2O4S/c20-17(16-2-1-7-24-16)18-10-12-9-14(23-19-12)11-3-4-13-15(8-11)22-6-5-21-13/h1-4,7-9H,5-6,10H2,(H,18,20). The average molecular weight is 342 g/mol. The minimum absolute atomic E-state index is 0.117. The highest BCUT2D eigenvalue weighted by atomic mass is 32.1. The Bertz CT molecular complexity index is 857. The van der Waals surface area contributed by atoms with Gasteiger partial charge in [-0.25, -0.2) is 0 Å². The van der Waals surface area contributed by atoms with Crippen molar-refractivity contribution in [3.8, 4) is 22.8 Å². The molecular formula is C17H14N2O4S. The lowest BCUT2D eigenvalue weighted by Crippen LogP contribution is -2.21. The van der Waals surface area contributed by atoms with E-state index < -0.39 is 0 Å². The molecule has 6 nitrogen and oxygen atoms in total. The Morgan fingerprint density at radius 3 is 2.88 bits per heavy atom. The predicted molar refractivity (Wildman–Crippen MR) is 88.4 cm³/mol. The zero-order valence-electron chi connectivity index (χ0n) is 12.7. The lowest BCUT2D eigenvalue weighted by Gasteiger charge is -2.18. The van der Waals surface area contributed by atoms with E-state index in [1.165, 1.54) is 11.3 Å². The number of nitrogens with zero attached hydrogens (tertiary/aromatic N) is 1. The summed E-state index contributed by atoms with van der Waals surface area (Å²) in [4.78, 5) is 12.6. The van der Waals surface area contributed by atoms with Gasteiger partial charge in [-0.15, -0.1) is 11.3 Å².